The Morgan fingerprint density at radius 1 is 0.933 bits per heavy atom. The summed E-state index contributed by atoms with van der Waals surface area (Å²) in [6.45, 7) is 8.33. The summed E-state index contributed by atoms with van der Waals surface area (Å²) >= 11 is 0. The van der Waals surface area contributed by atoms with Gasteiger partial charge < -0.3 is 19.8 Å². The zero-order valence-electron chi connectivity index (χ0n) is 18.1. The second-order valence-corrected chi connectivity index (χ2v) is 8.83. The molecule has 4 rings (SSSR count). The number of hydrogen-bond acceptors (Lipinski definition) is 4. The largest absolute Gasteiger partial charge is 0.386 e. The van der Waals surface area contributed by atoms with Gasteiger partial charge in [0.25, 0.3) is 5.91 Å². The number of anilines is 2. The van der Waals surface area contributed by atoms with Gasteiger partial charge in [0, 0.05) is 49.7 Å². The van der Waals surface area contributed by atoms with Gasteiger partial charge in [0.2, 0.25) is 0 Å². The van der Waals surface area contributed by atoms with Gasteiger partial charge in [0.15, 0.2) is 0 Å². The maximum atomic E-state index is 13.1. The SMILES string of the molecule is CN1CCN(c2ccccc2C=C2CCN(c3ccc(C(C)(C)O)cc3)C2=O)CC1. The maximum Gasteiger partial charge on any atom is 0.254 e. The molecule has 0 saturated carbocycles. The van der Waals surface area contributed by atoms with Gasteiger partial charge in [-0.1, -0.05) is 30.3 Å². The third-order valence-electron chi connectivity index (χ3n) is 6.12. The number of carbonyl (C=O) groups is 1. The van der Waals surface area contributed by atoms with Crippen LogP contribution in [0.4, 0.5) is 11.4 Å². The molecule has 158 valence electrons. The average molecular weight is 406 g/mol. The highest BCUT2D eigenvalue weighted by Crippen LogP contribution is 2.31. The first-order valence-corrected chi connectivity index (χ1v) is 10.7. The highest BCUT2D eigenvalue weighted by Gasteiger charge is 2.28. The Bertz CT molecular complexity index is 936. The highest BCUT2D eigenvalue weighted by atomic mass is 16.3. The van der Waals surface area contributed by atoms with Crippen molar-refractivity contribution in [2.75, 3.05) is 49.6 Å². The number of rotatable bonds is 4. The molecule has 2 fully saturated rings. The molecule has 2 aromatic rings. The van der Waals surface area contributed by atoms with E-state index in [4.69, 9.17) is 0 Å². The summed E-state index contributed by atoms with van der Waals surface area (Å²) in [5, 5.41) is 10.2. The van der Waals surface area contributed by atoms with Gasteiger partial charge >= 0.3 is 0 Å². The Labute approximate surface area is 179 Å². The summed E-state index contributed by atoms with van der Waals surface area (Å²) in [4.78, 5) is 19.7. The normalized spacial score (nSPS) is 19.7. The predicted octanol–water partition coefficient (Wildman–Crippen LogP) is 3.49. The van der Waals surface area contributed by atoms with Gasteiger partial charge in [-0.05, 0) is 62.7 Å². The number of amides is 1. The number of benzene rings is 2. The smallest absolute Gasteiger partial charge is 0.254 e. The second-order valence-electron chi connectivity index (χ2n) is 8.83. The van der Waals surface area contributed by atoms with Gasteiger partial charge in [0.05, 0.1) is 5.60 Å². The molecular weight excluding hydrogens is 374 g/mol. The van der Waals surface area contributed by atoms with Crippen molar-refractivity contribution in [3.63, 3.8) is 0 Å². The summed E-state index contributed by atoms with van der Waals surface area (Å²) in [6, 6.07) is 16.0. The molecular formula is C25H31N3O2. The molecule has 2 aromatic carbocycles. The minimum absolute atomic E-state index is 0.0687. The number of para-hydroxylation sites is 1. The van der Waals surface area contributed by atoms with Crippen molar-refractivity contribution >= 4 is 23.4 Å². The van der Waals surface area contributed by atoms with Crippen molar-refractivity contribution in [2.24, 2.45) is 0 Å². The molecule has 0 aliphatic carbocycles. The van der Waals surface area contributed by atoms with E-state index >= 15 is 0 Å². The molecule has 0 aromatic heterocycles. The molecule has 0 radical (unpaired) electrons. The molecule has 0 atom stereocenters. The molecule has 30 heavy (non-hydrogen) atoms. The van der Waals surface area contributed by atoms with E-state index in [2.05, 4.69) is 41.1 Å². The number of nitrogens with zero attached hydrogens (tertiary/aromatic N) is 3. The van der Waals surface area contributed by atoms with E-state index in [0.717, 1.165) is 55.0 Å². The molecule has 0 bridgehead atoms. The lowest BCUT2D eigenvalue weighted by Crippen LogP contribution is -2.44. The standard InChI is InChI=1S/C25H31N3O2/c1-25(2,30)21-8-10-22(11-9-21)28-13-12-20(24(28)29)18-19-6-4-5-7-23(19)27-16-14-26(3)15-17-27/h4-11,18,30H,12-17H2,1-3H3. The van der Waals surface area contributed by atoms with Crippen LogP contribution in [0.15, 0.2) is 54.1 Å². The summed E-state index contributed by atoms with van der Waals surface area (Å²) in [5.74, 6) is 0.0687. The van der Waals surface area contributed by atoms with Crippen molar-refractivity contribution in [3.8, 4) is 0 Å². The topological polar surface area (TPSA) is 47.0 Å². The van der Waals surface area contributed by atoms with Gasteiger partial charge in [0.1, 0.15) is 0 Å². The highest BCUT2D eigenvalue weighted by molar-refractivity contribution is 6.11. The fraction of sp³-hybridized carbons (Fsp3) is 0.400. The summed E-state index contributed by atoms with van der Waals surface area (Å²) < 4.78 is 0. The third-order valence-corrected chi connectivity index (χ3v) is 6.12. The van der Waals surface area contributed by atoms with E-state index in [1.54, 1.807) is 13.8 Å². The van der Waals surface area contributed by atoms with Crippen LogP contribution < -0.4 is 9.80 Å². The summed E-state index contributed by atoms with van der Waals surface area (Å²) in [5.41, 5.74) is 4.01. The Kier molecular flexibility index (Phi) is 5.67. The van der Waals surface area contributed by atoms with Gasteiger partial charge in [-0.25, -0.2) is 0 Å². The van der Waals surface area contributed by atoms with Crippen LogP contribution >= 0.6 is 0 Å². The average Bonchev–Trinajstić information content (AvgIpc) is 3.09. The van der Waals surface area contributed by atoms with Crippen molar-refractivity contribution in [1.82, 2.24) is 4.90 Å². The fourth-order valence-corrected chi connectivity index (χ4v) is 4.18. The Balaban J connectivity index is 1.54. The van der Waals surface area contributed by atoms with Gasteiger partial charge in [-0.15, -0.1) is 0 Å². The molecule has 2 saturated heterocycles. The van der Waals surface area contributed by atoms with Crippen LogP contribution in [-0.4, -0.2) is 55.7 Å². The number of carbonyl (C=O) groups excluding carboxylic acids is 1. The molecule has 2 aliphatic rings. The van der Waals surface area contributed by atoms with Crippen LogP contribution in [0.5, 0.6) is 0 Å². The minimum Gasteiger partial charge on any atom is -0.386 e. The lowest BCUT2D eigenvalue weighted by molar-refractivity contribution is -0.114. The molecule has 5 heteroatoms. The lowest BCUT2D eigenvalue weighted by atomic mass is 9.98. The first kappa shape index (κ1) is 20.6. The minimum atomic E-state index is -0.883. The number of aliphatic hydroxyl groups is 1. The molecule has 2 aliphatic heterocycles. The number of piperazine rings is 1. The number of hydrogen-bond donors (Lipinski definition) is 1. The maximum absolute atomic E-state index is 13.1. The quantitative estimate of drug-likeness (QED) is 0.791. The van der Waals surface area contributed by atoms with Crippen LogP contribution in [0.3, 0.4) is 0 Å². The zero-order valence-corrected chi connectivity index (χ0v) is 18.1. The van der Waals surface area contributed by atoms with Gasteiger partial charge in [-0.3, -0.25) is 4.79 Å². The first-order valence-electron chi connectivity index (χ1n) is 10.7. The summed E-state index contributed by atoms with van der Waals surface area (Å²) in [6.07, 6.45) is 2.81. The molecule has 1 amide bonds. The molecule has 0 spiro atoms. The number of likely N-dealkylation sites (N-methyl/N-ethyl adjacent to an activating group) is 1. The van der Waals surface area contributed by atoms with Crippen LogP contribution in [0.25, 0.3) is 6.08 Å². The van der Waals surface area contributed by atoms with Crippen LogP contribution in [0, 0.1) is 0 Å². The molecule has 1 N–H and O–H groups in total. The van der Waals surface area contributed by atoms with Crippen molar-refractivity contribution < 1.29 is 9.90 Å². The second kappa shape index (κ2) is 8.25. The van der Waals surface area contributed by atoms with E-state index in [-0.39, 0.29) is 5.91 Å². The molecule has 0 unspecified atom stereocenters. The first-order chi connectivity index (χ1) is 14.3. The molecule has 5 nitrogen and oxygen atoms in total. The van der Waals surface area contributed by atoms with E-state index in [1.165, 1.54) is 5.69 Å². The van der Waals surface area contributed by atoms with E-state index in [1.807, 2.05) is 35.2 Å². The van der Waals surface area contributed by atoms with Crippen molar-refractivity contribution in [1.29, 1.82) is 0 Å². The van der Waals surface area contributed by atoms with Gasteiger partial charge in [-0.2, -0.15) is 0 Å². The predicted molar refractivity (Wildman–Crippen MR) is 123 cm³/mol. The Morgan fingerprint density at radius 2 is 1.60 bits per heavy atom. The Morgan fingerprint density at radius 3 is 2.27 bits per heavy atom. The third kappa shape index (κ3) is 4.27. The Hall–Kier alpha value is -2.63. The van der Waals surface area contributed by atoms with Crippen LogP contribution in [-0.2, 0) is 10.4 Å². The fourth-order valence-electron chi connectivity index (χ4n) is 4.18. The van der Waals surface area contributed by atoms with Crippen molar-refractivity contribution in [2.45, 2.75) is 25.9 Å². The van der Waals surface area contributed by atoms with E-state index < -0.39 is 5.60 Å². The molecule has 2 heterocycles. The van der Waals surface area contributed by atoms with Crippen molar-refractivity contribution in [3.05, 3.63) is 65.2 Å². The lowest BCUT2D eigenvalue weighted by Gasteiger charge is -2.35. The summed E-state index contributed by atoms with van der Waals surface area (Å²) in [7, 11) is 2.16. The van der Waals surface area contributed by atoms with E-state index in [0.29, 0.717) is 6.54 Å². The van der Waals surface area contributed by atoms with E-state index in [9.17, 15) is 9.90 Å². The monoisotopic (exact) mass is 405 g/mol. The zero-order chi connectivity index (χ0) is 21.3. The van der Waals surface area contributed by atoms with Crippen LogP contribution in [0.2, 0.25) is 0 Å². The van der Waals surface area contributed by atoms with Crippen LogP contribution in [0.1, 0.15) is 31.4 Å².